The van der Waals surface area contributed by atoms with Crippen molar-refractivity contribution in [3.63, 3.8) is 0 Å². The van der Waals surface area contributed by atoms with Gasteiger partial charge in [-0.15, -0.1) is 0 Å². The molecule has 19 heavy (non-hydrogen) atoms. The van der Waals surface area contributed by atoms with E-state index in [1.165, 1.54) is 0 Å². The second kappa shape index (κ2) is 4.89. The van der Waals surface area contributed by atoms with Crippen LogP contribution in [-0.2, 0) is 10.0 Å². The van der Waals surface area contributed by atoms with E-state index in [0.717, 1.165) is 31.5 Å². The molecule has 0 radical (unpaired) electrons. The normalized spacial score (nSPS) is 26.5. The lowest BCUT2D eigenvalue weighted by Gasteiger charge is -2.39. The number of nitrogens with zero attached hydrogens (tertiary/aromatic N) is 2. The Bertz CT molecular complexity index is 540. The number of rotatable bonds is 3. The first-order chi connectivity index (χ1) is 9.09. The van der Waals surface area contributed by atoms with Gasteiger partial charge < -0.3 is 4.90 Å². The average molecular weight is 280 g/mol. The van der Waals surface area contributed by atoms with Crippen LogP contribution in [-0.4, -0.2) is 49.6 Å². The summed E-state index contributed by atoms with van der Waals surface area (Å²) >= 11 is 0. The van der Waals surface area contributed by atoms with Gasteiger partial charge >= 0.3 is 0 Å². The van der Waals surface area contributed by atoms with Crippen LogP contribution >= 0.6 is 0 Å². The summed E-state index contributed by atoms with van der Waals surface area (Å²) in [6, 6.07) is 9.94. The van der Waals surface area contributed by atoms with E-state index in [2.05, 4.69) is 11.9 Å². The summed E-state index contributed by atoms with van der Waals surface area (Å²) in [6.07, 6.45) is 1.66. The molecule has 1 aromatic carbocycles. The summed E-state index contributed by atoms with van der Waals surface area (Å²) in [5.74, 6) is 0. The molecule has 1 aliphatic carbocycles. The number of hydrogen-bond acceptors (Lipinski definition) is 3. The van der Waals surface area contributed by atoms with Gasteiger partial charge in [0, 0.05) is 19.6 Å². The third-order valence-electron chi connectivity index (χ3n) is 3.99. The van der Waals surface area contributed by atoms with Crippen LogP contribution in [0.25, 0.3) is 0 Å². The van der Waals surface area contributed by atoms with Gasteiger partial charge in [0.25, 0.3) is 0 Å². The molecule has 1 unspecified atom stereocenters. The van der Waals surface area contributed by atoms with E-state index in [9.17, 15) is 8.42 Å². The first-order valence-corrected chi connectivity index (χ1v) is 8.33. The van der Waals surface area contributed by atoms with Crippen molar-refractivity contribution in [3.8, 4) is 0 Å². The zero-order valence-corrected chi connectivity index (χ0v) is 12.0. The minimum absolute atomic E-state index is 0.0365. The van der Waals surface area contributed by atoms with Crippen LogP contribution in [0.1, 0.15) is 24.4 Å². The largest absolute Gasteiger partial charge is 0.303 e. The van der Waals surface area contributed by atoms with Gasteiger partial charge in [-0.3, -0.25) is 0 Å². The lowest BCUT2D eigenvalue weighted by molar-refractivity contribution is 0.160. The molecule has 0 amide bonds. The highest BCUT2D eigenvalue weighted by atomic mass is 32.2. The molecule has 1 saturated heterocycles. The van der Waals surface area contributed by atoms with E-state index >= 15 is 0 Å². The predicted octanol–water partition coefficient (Wildman–Crippen LogP) is 1.47. The Morgan fingerprint density at radius 1 is 1.11 bits per heavy atom. The fourth-order valence-electron chi connectivity index (χ4n) is 2.71. The van der Waals surface area contributed by atoms with Crippen molar-refractivity contribution in [3.05, 3.63) is 35.9 Å². The lowest BCUT2D eigenvalue weighted by atomic mass is 10.1. The summed E-state index contributed by atoms with van der Waals surface area (Å²) in [5, 5.41) is -0.123. The second-order valence-electron chi connectivity index (χ2n) is 5.54. The molecular weight excluding hydrogens is 260 g/mol. The fourth-order valence-corrected chi connectivity index (χ4v) is 4.71. The van der Waals surface area contributed by atoms with Gasteiger partial charge in [-0.1, -0.05) is 30.3 Å². The number of sulfonamides is 1. The Hall–Kier alpha value is -0.910. The van der Waals surface area contributed by atoms with Gasteiger partial charge in [0.2, 0.25) is 10.0 Å². The highest BCUT2D eigenvalue weighted by Crippen LogP contribution is 2.36. The molecule has 2 aliphatic rings. The summed E-state index contributed by atoms with van der Waals surface area (Å²) in [4.78, 5) is 2.20. The van der Waals surface area contributed by atoms with Crippen LogP contribution in [0.5, 0.6) is 0 Å². The van der Waals surface area contributed by atoms with E-state index < -0.39 is 10.0 Å². The molecule has 0 aromatic heterocycles. The summed E-state index contributed by atoms with van der Waals surface area (Å²) in [5.41, 5.74) is 1.10. The Balaban J connectivity index is 1.92. The van der Waals surface area contributed by atoms with Crippen LogP contribution in [0.3, 0.4) is 0 Å². The Labute approximate surface area is 115 Å². The second-order valence-corrected chi connectivity index (χ2v) is 7.71. The minimum Gasteiger partial charge on any atom is -0.303 e. The standard InChI is InChI=1S/C14H20N2O2S/c1-15-9-10-16(19(17,18)13-7-8-13)14(11-15)12-5-3-2-4-6-12/h2-6,13-14H,7-11H2,1H3. The number of likely N-dealkylation sites (N-methyl/N-ethyl adjacent to an activating group) is 1. The molecule has 2 fully saturated rings. The van der Waals surface area contributed by atoms with E-state index in [-0.39, 0.29) is 11.3 Å². The van der Waals surface area contributed by atoms with Crippen molar-refractivity contribution in [2.45, 2.75) is 24.1 Å². The Morgan fingerprint density at radius 2 is 1.79 bits per heavy atom. The highest BCUT2D eigenvalue weighted by Gasteiger charge is 2.44. The van der Waals surface area contributed by atoms with Gasteiger partial charge in [0.05, 0.1) is 11.3 Å². The monoisotopic (exact) mass is 280 g/mol. The maximum Gasteiger partial charge on any atom is 0.217 e. The Kier molecular flexibility index (Phi) is 3.37. The topological polar surface area (TPSA) is 40.6 Å². The summed E-state index contributed by atoms with van der Waals surface area (Å²) < 4.78 is 26.8. The molecule has 1 aromatic rings. The quantitative estimate of drug-likeness (QED) is 0.842. The predicted molar refractivity (Wildman–Crippen MR) is 75.3 cm³/mol. The molecule has 3 rings (SSSR count). The van der Waals surface area contributed by atoms with Crippen molar-refractivity contribution in [1.29, 1.82) is 0 Å². The van der Waals surface area contributed by atoms with Crippen LogP contribution in [0, 0.1) is 0 Å². The molecule has 5 heteroatoms. The number of benzene rings is 1. The number of piperazine rings is 1. The molecule has 104 valence electrons. The van der Waals surface area contributed by atoms with Crippen molar-refractivity contribution in [2.24, 2.45) is 0 Å². The SMILES string of the molecule is CN1CCN(S(=O)(=O)C2CC2)C(c2ccccc2)C1. The molecule has 0 N–H and O–H groups in total. The molecule has 1 saturated carbocycles. The molecule has 0 spiro atoms. The van der Waals surface area contributed by atoms with Crippen molar-refractivity contribution >= 4 is 10.0 Å². The third kappa shape index (κ3) is 2.55. The maximum atomic E-state index is 12.5. The van der Waals surface area contributed by atoms with Crippen molar-refractivity contribution < 1.29 is 8.42 Å². The molecular formula is C14H20N2O2S. The number of hydrogen-bond donors (Lipinski definition) is 0. The molecule has 4 nitrogen and oxygen atoms in total. The summed E-state index contributed by atoms with van der Waals surface area (Å²) in [7, 11) is -1.05. The van der Waals surface area contributed by atoms with E-state index in [0.29, 0.717) is 6.54 Å². The Morgan fingerprint density at radius 3 is 2.42 bits per heavy atom. The first kappa shape index (κ1) is 13.1. The van der Waals surface area contributed by atoms with E-state index in [4.69, 9.17) is 0 Å². The molecule has 1 heterocycles. The molecule has 1 aliphatic heterocycles. The highest BCUT2D eigenvalue weighted by molar-refractivity contribution is 7.90. The minimum atomic E-state index is -3.10. The summed E-state index contributed by atoms with van der Waals surface area (Å²) in [6.45, 7) is 2.19. The smallest absolute Gasteiger partial charge is 0.217 e. The zero-order valence-electron chi connectivity index (χ0n) is 11.2. The van der Waals surface area contributed by atoms with Crippen LogP contribution in [0.2, 0.25) is 0 Å². The van der Waals surface area contributed by atoms with Gasteiger partial charge in [0.1, 0.15) is 0 Å². The average Bonchev–Trinajstić information content (AvgIpc) is 3.24. The van der Waals surface area contributed by atoms with E-state index in [1.807, 2.05) is 30.3 Å². The van der Waals surface area contributed by atoms with Crippen molar-refractivity contribution in [1.82, 2.24) is 9.21 Å². The first-order valence-electron chi connectivity index (χ1n) is 6.83. The maximum absolute atomic E-state index is 12.5. The van der Waals surface area contributed by atoms with Crippen LogP contribution < -0.4 is 0 Å². The van der Waals surface area contributed by atoms with Crippen LogP contribution in [0.15, 0.2) is 30.3 Å². The zero-order chi connectivity index (χ0) is 13.5. The van der Waals surface area contributed by atoms with Crippen LogP contribution in [0.4, 0.5) is 0 Å². The van der Waals surface area contributed by atoms with Gasteiger partial charge in [-0.05, 0) is 25.5 Å². The molecule has 1 atom stereocenters. The third-order valence-corrected chi connectivity index (χ3v) is 6.40. The van der Waals surface area contributed by atoms with Gasteiger partial charge in [0.15, 0.2) is 0 Å². The lowest BCUT2D eigenvalue weighted by Crippen LogP contribution is -2.50. The van der Waals surface area contributed by atoms with Gasteiger partial charge in [-0.2, -0.15) is 4.31 Å². The van der Waals surface area contributed by atoms with E-state index in [1.54, 1.807) is 4.31 Å². The molecule has 0 bridgehead atoms. The van der Waals surface area contributed by atoms with Crippen molar-refractivity contribution in [2.75, 3.05) is 26.7 Å². The fraction of sp³-hybridized carbons (Fsp3) is 0.571. The van der Waals surface area contributed by atoms with Gasteiger partial charge in [-0.25, -0.2) is 8.42 Å².